The number of ether oxygens (including phenoxy) is 2. The lowest BCUT2D eigenvalue weighted by Crippen LogP contribution is -2.05. The van der Waals surface area contributed by atoms with Gasteiger partial charge in [0.15, 0.2) is 0 Å². The van der Waals surface area contributed by atoms with Gasteiger partial charge in [-0.2, -0.15) is 4.89 Å². The molecule has 0 aliphatic rings. The summed E-state index contributed by atoms with van der Waals surface area (Å²) in [4.78, 5) is 13.0. The molecular weight excluding hydrogens is 116 g/mol. The normalized spacial score (nSPS) is 8.25. The molecule has 0 spiro atoms. The molecule has 0 amide bonds. The van der Waals surface area contributed by atoms with Gasteiger partial charge in [-0.3, -0.25) is 0 Å². The zero-order chi connectivity index (χ0) is 6.41. The molecule has 0 rings (SSSR count). The molecule has 0 saturated heterocycles. The van der Waals surface area contributed by atoms with Gasteiger partial charge >= 0.3 is 6.16 Å². The van der Waals surface area contributed by atoms with E-state index in [1.54, 1.807) is 0 Å². The van der Waals surface area contributed by atoms with Crippen molar-refractivity contribution in [3.8, 4) is 0 Å². The summed E-state index contributed by atoms with van der Waals surface area (Å²) in [5, 5.41) is 9.12. The van der Waals surface area contributed by atoms with Gasteiger partial charge in [0.25, 0.3) is 0 Å². The number of hydrogen-bond donors (Lipinski definition) is 0. The zero-order valence-corrected chi connectivity index (χ0v) is 4.25. The Morgan fingerprint density at radius 1 is 1.62 bits per heavy atom. The van der Waals surface area contributed by atoms with E-state index in [1.165, 1.54) is 0 Å². The third kappa shape index (κ3) is 3.38. The molecule has 0 N–H and O–H groups in total. The van der Waals surface area contributed by atoms with E-state index in [9.17, 15) is 4.79 Å². The number of carbonyl (C=O) groups is 1. The molecule has 0 aliphatic heterocycles. The summed E-state index contributed by atoms with van der Waals surface area (Å²) in [7, 11) is 1.13. The first-order valence-electron chi connectivity index (χ1n) is 1.76. The molecule has 0 aromatic rings. The Morgan fingerprint density at radius 2 is 2.25 bits per heavy atom. The van der Waals surface area contributed by atoms with Gasteiger partial charge in [-0.05, 0) is 5.26 Å². The predicted octanol–water partition coefficient (Wildman–Crippen LogP) is 0.0890. The molecule has 0 aliphatic carbocycles. The minimum absolute atomic E-state index is 0.618. The summed E-state index contributed by atoms with van der Waals surface area (Å²) >= 11 is 0. The third-order valence-electron chi connectivity index (χ3n) is 0.392. The van der Waals surface area contributed by atoms with Gasteiger partial charge in [-0.25, -0.2) is 4.79 Å². The second-order valence-corrected chi connectivity index (χ2v) is 0.834. The number of carbonyl (C=O) groups excluding carboxylic acids is 1. The van der Waals surface area contributed by atoms with Crippen molar-refractivity contribution in [1.82, 2.24) is 0 Å². The van der Waals surface area contributed by atoms with Gasteiger partial charge < -0.3 is 9.47 Å². The molecule has 0 saturated carbocycles. The Morgan fingerprint density at radius 3 is 2.62 bits per heavy atom. The first-order chi connectivity index (χ1) is 3.81. The lowest BCUT2D eigenvalue weighted by molar-refractivity contribution is -0.339. The maximum absolute atomic E-state index is 9.91. The standard InChI is InChI=1S/C3H5O5/c1-6-3(4)7-2-8-5/h2H2,1H3. The van der Waals surface area contributed by atoms with Gasteiger partial charge in [-0.15, -0.1) is 0 Å². The summed E-state index contributed by atoms with van der Waals surface area (Å²) in [6.07, 6.45) is -0.930. The minimum Gasteiger partial charge on any atom is -0.438 e. The molecule has 0 unspecified atom stereocenters. The predicted molar refractivity (Wildman–Crippen MR) is 20.1 cm³/mol. The van der Waals surface area contributed by atoms with Crippen molar-refractivity contribution in [1.29, 1.82) is 0 Å². The average Bonchev–Trinajstić information content (AvgIpc) is 1.83. The molecular formula is C3H5O5. The molecule has 8 heavy (non-hydrogen) atoms. The molecule has 5 nitrogen and oxygen atoms in total. The SMILES string of the molecule is COC(=O)OCO[O]. The van der Waals surface area contributed by atoms with Gasteiger partial charge in [-0.1, -0.05) is 0 Å². The van der Waals surface area contributed by atoms with Crippen molar-refractivity contribution in [3.63, 3.8) is 0 Å². The molecule has 0 aromatic carbocycles. The van der Waals surface area contributed by atoms with Crippen LogP contribution in [0, 0.1) is 0 Å². The molecule has 0 aromatic heterocycles. The smallest absolute Gasteiger partial charge is 0.438 e. The van der Waals surface area contributed by atoms with E-state index in [-0.39, 0.29) is 0 Å². The van der Waals surface area contributed by atoms with Crippen molar-refractivity contribution in [2.24, 2.45) is 0 Å². The van der Waals surface area contributed by atoms with Crippen LogP contribution in [0.25, 0.3) is 0 Å². The van der Waals surface area contributed by atoms with E-state index < -0.39 is 12.9 Å². The van der Waals surface area contributed by atoms with Crippen LogP contribution in [0.2, 0.25) is 0 Å². The monoisotopic (exact) mass is 121 g/mol. The van der Waals surface area contributed by atoms with E-state index in [2.05, 4.69) is 14.4 Å². The lowest BCUT2D eigenvalue weighted by Gasteiger charge is -1.95. The maximum atomic E-state index is 9.91. The summed E-state index contributed by atoms with van der Waals surface area (Å²) in [5.74, 6) is 0. The molecule has 5 heteroatoms. The van der Waals surface area contributed by atoms with Gasteiger partial charge in [0, 0.05) is 0 Å². The van der Waals surface area contributed by atoms with Crippen LogP contribution in [0.5, 0.6) is 0 Å². The van der Waals surface area contributed by atoms with Crippen LogP contribution in [0.3, 0.4) is 0 Å². The van der Waals surface area contributed by atoms with Gasteiger partial charge in [0.05, 0.1) is 7.11 Å². The van der Waals surface area contributed by atoms with Crippen molar-refractivity contribution < 1.29 is 24.4 Å². The first-order valence-corrected chi connectivity index (χ1v) is 1.76. The summed E-state index contributed by atoms with van der Waals surface area (Å²) in [5.41, 5.74) is 0. The largest absolute Gasteiger partial charge is 0.510 e. The molecule has 1 radical (unpaired) electrons. The number of methoxy groups -OCH3 is 1. The van der Waals surface area contributed by atoms with Crippen molar-refractivity contribution in [3.05, 3.63) is 0 Å². The van der Waals surface area contributed by atoms with Crippen LogP contribution in [0.4, 0.5) is 4.79 Å². The molecule has 0 heterocycles. The quantitative estimate of drug-likeness (QED) is 0.225. The van der Waals surface area contributed by atoms with Gasteiger partial charge in [0.1, 0.15) is 0 Å². The topological polar surface area (TPSA) is 64.7 Å². The lowest BCUT2D eigenvalue weighted by atomic mass is 11.3. The van der Waals surface area contributed by atoms with Crippen LogP contribution in [-0.2, 0) is 19.6 Å². The maximum Gasteiger partial charge on any atom is 0.510 e. The highest BCUT2D eigenvalue weighted by molar-refractivity contribution is 5.59. The van der Waals surface area contributed by atoms with Crippen LogP contribution >= 0.6 is 0 Å². The van der Waals surface area contributed by atoms with Crippen LogP contribution in [-0.4, -0.2) is 20.1 Å². The zero-order valence-electron chi connectivity index (χ0n) is 4.25. The second kappa shape index (κ2) is 4.35. The van der Waals surface area contributed by atoms with E-state index in [1.807, 2.05) is 0 Å². The van der Waals surface area contributed by atoms with E-state index in [4.69, 9.17) is 5.26 Å². The molecule has 0 bridgehead atoms. The Bertz CT molecular complexity index is 70.1. The highest BCUT2D eigenvalue weighted by Gasteiger charge is 1.96. The Balaban J connectivity index is 2.99. The number of rotatable bonds is 2. The van der Waals surface area contributed by atoms with Crippen molar-refractivity contribution in [2.75, 3.05) is 13.9 Å². The molecule has 0 fully saturated rings. The Kier molecular flexibility index (Phi) is 3.91. The van der Waals surface area contributed by atoms with E-state index in [0.29, 0.717) is 0 Å². The van der Waals surface area contributed by atoms with Crippen LogP contribution < -0.4 is 0 Å². The highest BCUT2D eigenvalue weighted by Crippen LogP contribution is 1.79. The summed E-state index contributed by atoms with van der Waals surface area (Å²) < 4.78 is 7.92. The third-order valence-corrected chi connectivity index (χ3v) is 0.392. The summed E-state index contributed by atoms with van der Waals surface area (Å²) in [6.45, 7) is -0.618. The van der Waals surface area contributed by atoms with Gasteiger partial charge in [0.2, 0.25) is 6.79 Å². The summed E-state index contributed by atoms with van der Waals surface area (Å²) in [6, 6.07) is 0. The van der Waals surface area contributed by atoms with Crippen molar-refractivity contribution in [2.45, 2.75) is 0 Å². The Labute approximate surface area is 45.7 Å². The minimum atomic E-state index is -0.930. The Hall–Kier alpha value is -0.810. The fourth-order valence-electron chi connectivity index (χ4n) is 0.131. The van der Waals surface area contributed by atoms with Crippen LogP contribution in [0.15, 0.2) is 0 Å². The second-order valence-electron chi connectivity index (χ2n) is 0.834. The molecule has 0 atom stereocenters. The highest BCUT2D eigenvalue weighted by atomic mass is 17.1. The molecule has 47 valence electrons. The van der Waals surface area contributed by atoms with E-state index >= 15 is 0 Å². The fraction of sp³-hybridized carbons (Fsp3) is 0.667. The average molecular weight is 121 g/mol. The first kappa shape index (κ1) is 7.19. The fourth-order valence-corrected chi connectivity index (χ4v) is 0.131. The number of hydrogen-bond acceptors (Lipinski definition) is 4. The van der Waals surface area contributed by atoms with Crippen molar-refractivity contribution >= 4 is 6.16 Å². The van der Waals surface area contributed by atoms with E-state index in [0.717, 1.165) is 7.11 Å². The van der Waals surface area contributed by atoms with Crippen LogP contribution in [0.1, 0.15) is 0 Å².